The van der Waals surface area contributed by atoms with E-state index in [1.807, 2.05) is 37.3 Å². The number of rotatable bonds is 5. The van der Waals surface area contributed by atoms with Gasteiger partial charge in [-0.15, -0.1) is 0 Å². The molecule has 28 heavy (non-hydrogen) atoms. The van der Waals surface area contributed by atoms with Crippen LogP contribution in [-0.4, -0.2) is 40.1 Å². The first-order valence-electron chi connectivity index (χ1n) is 8.67. The van der Waals surface area contributed by atoms with Gasteiger partial charge in [0, 0.05) is 30.9 Å². The average molecular weight is 424 g/mol. The number of aromatic nitrogens is 3. The molecule has 7 nitrogen and oxygen atoms in total. The predicted octanol–water partition coefficient (Wildman–Crippen LogP) is 3.55. The zero-order valence-electron chi connectivity index (χ0n) is 16.3. The standard InChI is InChI=1S/C19H22ClN3O4S/c1-10(2)17-16-18(23(4)22(17)3)14(15(21-16)19(24)25)11-6-7-12(13(20)8-11)9-28(5,26)27/h6-8,10H,9H2,1-5H3,(H,24,25). The lowest BCUT2D eigenvalue weighted by Gasteiger charge is -2.11. The maximum atomic E-state index is 11.9. The summed E-state index contributed by atoms with van der Waals surface area (Å²) in [4.78, 5) is 16.3. The van der Waals surface area contributed by atoms with Gasteiger partial charge in [-0.25, -0.2) is 18.2 Å². The van der Waals surface area contributed by atoms with E-state index in [9.17, 15) is 18.3 Å². The van der Waals surface area contributed by atoms with Gasteiger partial charge in [-0.05, 0) is 23.1 Å². The largest absolute Gasteiger partial charge is 0.476 e. The first-order chi connectivity index (χ1) is 12.9. The maximum Gasteiger partial charge on any atom is 0.355 e. The number of sulfone groups is 1. The van der Waals surface area contributed by atoms with E-state index >= 15 is 0 Å². The van der Waals surface area contributed by atoms with Crippen LogP contribution in [0.25, 0.3) is 22.5 Å². The summed E-state index contributed by atoms with van der Waals surface area (Å²) < 4.78 is 27.0. The predicted molar refractivity (Wildman–Crippen MR) is 109 cm³/mol. The second-order valence-corrected chi connectivity index (χ2v) is 9.85. The molecule has 0 saturated heterocycles. The SMILES string of the molecule is CC(C)c1c2nc(C(=O)O)c(-c3ccc(CS(C)(=O)=O)c(Cl)c3)c-2n(C)n1C. The van der Waals surface area contributed by atoms with Crippen LogP contribution < -0.4 is 0 Å². The van der Waals surface area contributed by atoms with Gasteiger partial charge in [-0.2, -0.15) is 0 Å². The minimum atomic E-state index is -3.24. The van der Waals surface area contributed by atoms with Crippen LogP contribution in [0.2, 0.25) is 5.02 Å². The molecule has 2 aliphatic heterocycles. The van der Waals surface area contributed by atoms with E-state index in [1.54, 1.807) is 18.2 Å². The van der Waals surface area contributed by atoms with Crippen molar-refractivity contribution in [2.75, 3.05) is 6.26 Å². The van der Waals surface area contributed by atoms with Crippen molar-refractivity contribution >= 4 is 27.4 Å². The number of nitrogens with zero attached hydrogens (tertiary/aromatic N) is 3. The fourth-order valence-electron chi connectivity index (χ4n) is 3.59. The number of hydrogen-bond acceptors (Lipinski definition) is 4. The summed E-state index contributed by atoms with van der Waals surface area (Å²) in [5.74, 6) is -1.15. The lowest BCUT2D eigenvalue weighted by atomic mass is 10.00. The highest BCUT2D eigenvalue weighted by atomic mass is 35.5. The van der Waals surface area contributed by atoms with E-state index in [2.05, 4.69) is 4.98 Å². The van der Waals surface area contributed by atoms with Gasteiger partial charge in [-0.3, -0.25) is 9.36 Å². The molecular formula is C19H22ClN3O4S. The van der Waals surface area contributed by atoms with Crippen LogP contribution >= 0.6 is 11.6 Å². The van der Waals surface area contributed by atoms with Gasteiger partial charge in [0.1, 0.15) is 5.69 Å². The second kappa shape index (κ2) is 6.93. The number of aromatic carboxylic acids is 1. The molecule has 0 atom stereocenters. The monoisotopic (exact) mass is 423 g/mol. The van der Waals surface area contributed by atoms with Gasteiger partial charge >= 0.3 is 5.97 Å². The van der Waals surface area contributed by atoms with E-state index < -0.39 is 15.8 Å². The number of benzene rings is 1. The Balaban J connectivity index is 2.26. The third kappa shape index (κ3) is 3.42. The molecule has 3 rings (SSSR count). The van der Waals surface area contributed by atoms with Crippen molar-refractivity contribution in [3.8, 4) is 22.5 Å². The Morgan fingerprint density at radius 1 is 1.25 bits per heavy atom. The Kier molecular flexibility index (Phi) is 5.05. The summed E-state index contributed by atoms with van der Waals surface area (Å²) in [5.41, 5.74) is 3.76. The van der Waals surface area contributed by atoms with Gasteiger partial charge in [0.05, 0.1) is 17.1 Å². The minimum Gasteiger partial charge on any atom is -0.476 e. The molecule has 9 heteroatoms. The van der Waals surface area contributed by atoms with Crippen LogP contribution in [0, 0.1) is 0 Å². The Morgan fingerprint density at radius 3 is 2.39 bits per heavy atom. The third-order valence-corrected chi connectivity index (χ3v) is 5.98. The molecular weight excluding hydrogens is 402 g/mol. The topological polar surface area (TPSA) is 94.2 Å². The summed E-state index contributed by atoms with van der Waals surface area (Å²) in [6.45, 7) is 4.06. The third-order valence-electron chi connectivity index (χ3n) is 4.80. The number of fused-ring (bicyclic) bond motifs is 1. The molecule has 1 N–H and O–H groups in total. The Bertz CT molecular complexity index is 1160. The van der Waals surface area contributed by atoms with Gasteiger partial charge in [0.25, 0.3) is 0 Å². The zero-order valence-corrected chi connectivity index (χ0v) is 17.9. The molecule has 0 amide bonds. The molecule has 2 aliphatic rings. The molecule has 1 aromatic rings. The van der Waals surface area contributed by atoms with Crippen molar-refractivity contribution in [1.82, 2.24) is 14.3 Å². The molecule has 2 heterocycles. The second-order valence-electron chi connectivity index (χ2n) is 7.30. The molecule has 0 bridgehead atoms. The van der Waals surface area contributed by atoms with Crippen LogP contribution in [0.4, 0.5) is 0 Å². The molecule has 0 aliphatic carbocycles. The molecule has 0 spiro atoms. The first kappa shape index (κ1) is 20.4. The van der Waals surface area contributed by atoms with Crippen molar-refractivity contribution in [3.63, 3.8) is 0 Å². The van der Waals surface area contributed by atoms with Gasteiger partial charge in [0.15, 0.2) is 15.5 Å². The highest BCUT2D eigenvalue weighted by Crippen LogP contribution is 2.42. The summed E-state index contributed by atoms with van der Waals surface area (Å²) in [6.07, 6.45) is 1.14. The Hall–Kier alpha value is -2.32. The van der Waals surface area contributed by atoms with Crippen LogP contribution in [0.15, 0.2) is 18.2 Å². The summed E-state index contributed by atoms with van der Waals surface area (Å²) in [5, 5.41) is 10.00. The number of carbonyl (C=O) groups is 1. The van der Waals surface area contributed by atoms with Crippen molar-refractivity contribution in [1.29, 1.82) is 0 Å². The van der Waals surface area contributed by atoms with Gasteiger partial charge in [0.2, 0.25) is 0 Å². The molecule has 0 aromatic heterocycles. The van der Waals surface area contributed by atoms with Gasteiger partial charge < -0.3 is 5.11 Å². The summed E-state index contributed by atoms with van der Waals surface area (Å²) in [6, 6.07) is 4.92. The van der Waals surface area contributed by atoms with E-state index in [4.69, 9.17) is 11.6 Å². The molecule has 0 saturated carbocycles. The van der Waals surface area contributed by atoms with Crippen molar-refractivity contribution in [3.05, 3.63) is 40.2 Å². The zero-order chi connectivity index (χ0) is 21.0. The summed E-state index contributed by atoms with van der Waals surface area (Å²) >= 11 is 6.32. The lowest BCUT2D eigenvalue weighted by Crippen LogP contribution is -2.09. The fourth-order valence-corrected chi connectivity index (χ4v) is 4.73. The lowest BCUT2D eigenvalue weighted by molar-refractivity contribution is 0.0692. The maximum absolute atomic E-state index is 11.9. The fraction of sp³-hybridized carbons (Fsp3) is 0.368. The van der Waals surface area contributed by atoms with Crippen molar-refractivity contribution in [2.45, 2.75) is 25.5 Å². The van der Waals surface area contributed by atoms with E-state index in [0.29, 0.717) is 28.1 Å². The molecule has 1 aromatic carbocycles. The van der Waals surface area contributed by atoms with Crippen LogP contribution in [0.1, 0.15) is 41.5 Å². The molecule has 0 unspecified atom stereocenters. The number of hydrogen-bond donors (Lipinski definition) is 1. The molecule has 0 radical (unpaired) electrons. The highest BCUT2D eigenvalue weighted by molar-refractivity contribution is 7.89. The summed E-state index contributed by atoms with van der Waals surface area (Å²) in [7, 11) is 0.519. The molecule has 150 valence electrons. The minimum absolute atomic E-state index is 0.0463. The van der Waals surface area contributed by atoms with E-state index in [1.165, 1.54) is 0 Å². The van der Waals surface area contributed by atoms with Crippen LogP contribution in [-0.2, 0) is 29.7 Å². The Labute approximate surface area is 168 Å². The quantitative estimate of drug-likeness (QED) is 0.677. The Morgan fingerprint density at radius 2 is 1.89 bits per heavy atom. The number of halogens is 1. The number of carboxylic acids is 1. The van der Waals surface area contributed by atoms with Crippen LogP contribution in [0.3, 0.4) is 0 Å². The van der Waals surface area contributed by atoms with Crippen LogP contribution in [0.5, 0.6) is 0 Å². The smallest absolute Gasteiger partial charge is 0.355 e. The normalized spacial score (nSPS) is 12.2. The van der Waals surface area contributed by atoms with Crippen molar-refractivity contribution in [2.24, 2.45) is 14.1 Å². The first-order valence-corrected chi connectivity index (χ1v) is 11.1. The van der Waals surface area contributed by atoms with Crippen molar-refractivity contribution < 1.29 is 18.3 Å². The molecule has 0 fully saturated rings. The van der Waals surface area contributed by atoms with E-state index in [-0.39, 0.29) is 22.4 Å². The number of carboxylic acid groups (broad SMARTS) is 1. The van der Waals surface area contributed by atoms with Gasteiger partial charge in [-0.1, -0.05) is 37.6 Å². The average Bonchev–Trinajstić information content (AvgIpc) is 3.04. The highest BCUT2D eigenvalue weighted by Gasteiger charge is 2.32. The van der Waals surface area contributed by atoms with E-state index in [0.717, 1.165) is 11.9 Å².